The van der Waals surface area contributed by atoms with Crippen molar-refractivity contribution in [3.8, 4) is 17.3 Å². The van der Waals surface area contributed by atoms with Gasteiger partial charge in [-0.15, -0.1) is 11.3 Å². The lowest BCUT2D eigenvalue weighted by Gasteiger charge is -2.03. The Hall–Kier alpha value is -2.03. The maximum atomic E-state index is 9.42. The average Bonchev–Trinajstić information content (AvgIpc) is 3.09. The smallest absolute Gasteiger partial charge is 0.136 e. The van der Waals surface area contributed by atoms with E-state index in [-0.39, 0.29) is 0 Å². The molecule has 0 aliphatic carbocycles. The minimum absolute atomic E-state index is 0.427. The standard InChI is InChI=1S/C18H10Cl3N3S/c19-13-3-1-11(2-4-13)17-10-25-18(24-17)12(8-22)9-23-14-5-6-15(20)16(21)7-14/h1-7,9-10,23H/b12-9+. The first-order chi connectivity index (χ1) is 12.1. The quantitative estimate of drug-likeness (QED) is 0.488. The number of thiazole rings is 1. The second kappa shape index (κ2) is 7.90. The summed E-state index contributed by atoms with van der Waals surface area (Å²) in [6, 6.07) is 14.7. The van der Waals surface area contributed by atoms with Gasteiger partial charge < -0.3 is 5.32 Å². The Morgan fingerprint density at radius 2 is 1.84 bits per heavy atom. The van der Waals surface area contributed by atoms with E-state index in [1.165, 1.54) is 11.3 Å². The van der Waals surface area contributed by atoms with Gasteiger partial charge in [0.2, 0.25) is 0 Å². The minimum atomic E-state index is 0.427. The fourth-order valence-electron chi connectivity index (χ4n) is 2.03. The molecule has 0 aliphatic rings. The number of anilines is 1. The Morgan fingerprint density at radius 1 is 1.08 bits per heavy atom. The molecule has 1 aromatic heterocycles. The summed E-state index contributed by atoms with van der Waals surface area (Å²) in [6.45, 7) is 0. The third-order valence-corrected chi connectivity index (χ3v) is 5.16. The van der Waals surface area contributed by atoms with Crippen LogP contribution >= 0.6 is 46.1 Å². The number of nitriles is 1. The van der Waals surface area contributed by atoms with E-state index in [1.54, 1.807) is 24.4 Å². The van der Waals surface area contributed by atoms with Crippen LogP contribution in [0.15, 0.2) is 54.0 Å². The molecule has 0 aliphatic heterocycles. The van der Waals surface area contributed by atoms with Gasteiger partial charge in [-0.3, -0.25) is 0 Å². The van der Waals surface area contributed by atoms with Crippen molar-refractivity contribution >= 4 is 57.4 Å². The molecule has 0 saturated heterocycles. The summed E-state index contributed by atoms with van der Waals surface area (Å²) in [5, 5.41) is 16.6. The van der Waals surface area contributed by atoms with Gasteiger partial charge in [-0.2, -0.15) is 5.26 Å². The largest absolute Gasteiger partial charge is 0.360 e. The monoisotopic (exact) mass is 405 g/mol. The van der Waals surface area contributed by atoms with Crippen molar-refractivity contribution in [2.45, 2.75) is 0 Å². The fourth-order valence-corrected chi connectivity index (χ4v) is 3.25. The summed E-state index contributed by atoms with van der Waals surface area (Å²) >= 11 is 19.2. The highest BCUT2D eigenvalue weighted by atomic mass is 35.5. The number of halogens is 3. The first-order valence-electron chi connectivity index (χ1n) is 7.10. The fraction of sp³-hybridized carbons (Fsp3) is 0. The zero-order valence-corrected chi connectivity index (χ0v) is 15.7. The van der Waals surface area contributed by atoms with Gasteiger partial charge in [-0.1, -0.05) is 46.9 Å². The highest BCUT2D eigenvalue weighted by Crippen LogP contribution is 2.28. The topological polar surface area (TPSA) is 48.7 Å². The van der Waals surface area contributed by atoms with Crippen LogP contribution in [0, 0.1) is 11.3 Å². The van der Waals surface area contributed by atoms with Crippen LogP contribution in [0.2, 0.25) is 15.1 Å². The van der Waals surface area contributed by atoms with Crippen LogP contribution in [0.1, 0.15) is 5.01 Å². The number of rotatable bonds is 4. The molecule has 7 heteroatoms. The summed E-state index contributed by atoms with van der Waals surface area (Å²) in [5.41, 5.74) is 2.90. The van der Waals surface area contributed by atoms with Crippen LogP contribution in [0.5, 0.6) is 0 Å². The lowest BCUT2D eigenvalue weighted by Crippen LogP contribution is -1.91. The molecule has 1 heterocycles. The number of hydrogen-bond acceptors (Lipinski definition) is 4. The molecule has 2 aromatic carbocycles. The second-order valence-electron chi connectivity index (χ2n) is 4.99. The van der Waals surface area contributed by atoms with Crippen LogP contribution in [-0.2, 0) is 0 Å². The van der Waals surface area contributed by atoms with Crippen molar-refractivity contribution in [1.82, 2.24) is 4.98 Å². The molecule has 3 rings (SSSR count). The van der Waals surface area contributed by atoms with Gasteiger partial charge in [0, 0.05) is 27.9 Å². The predicted molar refractivity (Wildman–Crippen MR) is 106 cm³/mol. The van der Waals surface area contributed by atoms with Crippen LogP contribution in [0.25, 0.3) is 16.8 Å². The molecule has 25 heavy (non-hydrogen) atoms. The van der Waals surface area contributed by atoms with Crippen LogP contribution in [0.4, 0.5) is 5.69 Å². The maximum Gasteiger partial charge on any atom is 0.136 e. The van der Waals surface area contributed by atoms with Crippen molar-refractivity contribution in [2.24, 2.45) is 0 Å². The molecule has 1 N–H and O–H groups in total. The normalized spacial score (nSPS) is 11.2. The molecule has 0 amide bonds. The second-order valence-corrected chi connectivity index (χ2v) is 7.10. The number of allylic oxidation sites excluding steroid dienone is 1. The van der Waals surface area contributed by atoms with Gasteiger partial charge in [0.15, 0.2) is 0 Å². The Balaban J connectivity index is 1.82. The maximum absolute atomic E-state index is 9.42. The summed E-state index contributed by atoms with van der Waals surface area (Å²) in [6.07, 6.45) is 1.60. The lowest BCUT2D eigenvalue weighted by atomic mass is 10.2. The average molecular weight is 407 g/mol. The van der Waals surface area contributed by atoms with E-state index in [4.69, 9.17) is 34.8 Å². The van der Waals surface area contributed by atoms with Gasteiger partial charge in [-0.05, 0) is 30.3 Å². The summed E-state index contributed by atoms with van der Waals surface area (Å²) in [7, 11) is 0. The molecule has 3 aromatic rings. The third kappa shape index (κ3) is 4.33. The molecule has 0 unspecified atom stereocenters. The number of aromatic nitrogens is 1. The number of benzene rings is 2. The van der Waals surface area contributed by atoms with Crippen LogP contribution < -0.4 is 5.32 Å². The summed E-state index contributed by atoms with van der Waals surface area (Å²) < 4.78 is 0. The van der Waals surface area contributed by atoms with Crippen molar-refractivity contribution in [2.75, 3.05) is 5.32 Å². The van der Waals surface area contributed by atoms with Crippen LogP contribution in [0.3, 0.4) is 0 Å². The van der Waals surface area contributed by atoms with Crippen LogP contribution in [-0.4, -0.2) is 4.98 Å². The molecule has 0 fully saturated rings. The molecule has 0 radical (unpaired) electrons. The Bertz CT molecular complexity index is 972. The number of hydrogen-bond donors (Lipinski definition) is 1. The Kier molecular flexibility index (Phi) is 5.62. The third-order valence-electron chi connectivity index (χ3n) is 3.30. The molecule has 0 saturated carbocycles. The highest BCUT2D eigenvalue weighted by molar-refractivity contribution is 7.11. The molecule has 0 spiro atoms. The van der Waals surface area contributed by atoms with Gasteiger partial charge in [0.1, 0.15) is 16.6 Å². The zero-order valence-electron chi connectivity index (χ0n) is 12.6. The number of nitrogens with zero attached hydrogens (tertiary/aromatic N) is 2. The van der Waals surface area contributed by atoms with E-state index in [1.807, 2.05) is 29.6 Å². The SMILES string of the molecule is N#C/C(=C\Nc1ccc(Cl)c(Cl)c1)c1nc(-c2ccc(Cl)cc2)cs1. The number of nitrogens with one attached hydrogen (secondary N) is 1. The Labute approximate surface area is 164 Å². The lowest BCUT2D eigenvalue weighted by molar-refractivity contribution is 1.36. The summed E-state index contributed by atoms with van der Waals surface area (Å²) in [4.78, 5) is 4.52. The Morgan fingerprint density at radius 3 is 2.52 bits per heavy atom. The first kappa shape index (κ1) is 17.8. The highest BCUT2D eigenvalue weighted by Gasteiger charge is 2.09. The van der Waals surface area contributed by atoms with Gasteiger partial charge in [0.05, 0.1) is 15.7 Å². The van der Waals surface area contributed by atoms with Crippen molar-refractivity contribution in [3.05, 3.63) is 74.1 Å². The molecule has 0 bridgehead atoms. The van der Waals surface area contributed by atoms with E-state index in [2.05, 4.69) is 16.4 Å². The molecule has 124 valence electrons. The van der Waals surface area contributed by atoms with E-state index < -0.39 is 0 Å². The zero-order chi connectivity index (χ0) is 17.8. The van der Waals surface area contributed by atoms with Gasteiger partial charge >= 0.3 is 0 Å². The van der Waals surface area contributed by atoms with Crippen molar-refractivity contribution in [3.63, 3.8) is 0 Å². The molecule has 3 nitrogen and oxygen atoms in total. The van der Waals surface area contributed by atoms with E-state index in [9.17, 15) is 5.26 Å². The van der Waals surface area contributed by atoms with E-state index in [0.29, 0.717) is 25.6 Å². The molecular formula is C18H10Cl3N3S. The van der Waals surface area contributed by atoms with E-state index in [0.717, 1.165) is 16.9 Å². The minimum Gasteiger partial charge on any atom is -0.360 e. The predicted octanol–water partition coefficient (Wildman–Crippen LogP) is 6.75. The molecular weight excluding hydrogens is 397 g/mol. The van der Waals surface area contributed by atoms with Gasteiger partial charge in [-0.25, -0.2) is 4.98 Å². The van der Waals surface area contributed by atoms with Gasteiger partial charge in [0.25, 0.3) is 0 Å². The van der Waals surface area contributed by atoms with Crippen molar-refractivity contribution in [1.29, 1.82) is 5.26 Å². The van der Waals surface area contributed by atoms with Crippen molar-refractivity contribution < 1.29 is 0 Å². The van der Waals surface area contributed by atoms with E-state index >= 15 is 0 Å². The summed E-state index contributed by atoms with van der Waals surface area (Å²) in [5.74, 6) is 0. The first-order valence-corrected chi connectivity index (χ1v) is 9.12. The molecule has 0 atom stereocenters.